The number of fused-ring (bicyclic) bond motifs is 1. The molecule has 0 saturated carbocycles. The van der Waals surface area contributed by atoms with Gasteiger partial charge >= 0.3 is 0 Å². The molecule has 0 aliphatic carbocycles. The van der Waals surface area contributed by atoms with Crippen molar-refractivity contribution >= 4 is 33.2 Å². The maximum atomic E-state index is 9.80. The Hall–Kier alpha value is -0.670. The van der Waals surface area contributed by atoms with Crippen LogP contribution in [0.2, 0.25) is 0 Å². The van der Waals surface area contributed by atoms with E-state index in [1.807, 2.05) is 19.2 Å². The molecule has 3 heteroatoms. The largest absolute Gasteiger partial charge is 0.505 e. The van der Waals surface area contributed by atoms with Gasteiger partial charge in [-0.3, -0.25) is 0 Å². The van der Waals surface area contributed by atoms with Crippen molar-refractivity contribution in [3.05, 3.63) is 23.8 Å². The molecule has 1 aromatic carbocycles. The van der Waals surface area contributed by atoms with Crippen molar-refractivity contribution in [1.82, 2.24) is 0 Å². The topological polar surface area (TPSA) is 20.2 Å². The second-order valence-corrected chi connectivity index (χ2v) is 5.07. The zero-order chi connectivity index (χ0) is 9.42. The Morgan fingerprint density at radius 1 is 1.38 bits per heavy atom. The summed E-state index contributed by atoms with van der Waals surface area (Å²) in [5.41, 5.74) is 1.19. The van der Waals surface area contributed by atoms with Crippen molar-refractivity contribution in [2.24, 2.45) is 0 Å². The standard InChI is InChI=1S/C10H10OS2/c1-6-3-4-8-7(5-6)9(11)10(12-2)13-8/h3-5,11H,1-2H3. The molecule has 13 heavy (non-hydrogen) atoms. The van der Waals surface area contributed by atoms with Crippen molar-refractivity contribution in [1.29, 1.82) is 0 Å². The number of aryl methyl sites for hydroxylation is 1. The molecule has 0 aliphatic heterocycles. The summed E-state index contributed by atoms with van der Waals surface area (Å²) in [5.74, 6) is 0.441. The van der Waals surface area contributed by atoms with Crippen molar-refractivity contribution in [3.8, 4) is 5.75 Å². The lowest BCUT2D eigenvalue weighted by Gasteiger charge is -1.93. The number of rotatable bonds is 1. The predicted octanol–water partition coefficient (Wildman–Crippen LogP) is 3.64. The van der Waals surface area contributed by atoms with Gasteiger partial charge in [0.15, 0.2) is 0 Å². The van der Waals surface area contributed by atoms with Crippen LogP contribution in [0.15, 0.2) is 22.4 Å². The van der Waals surface area contributed by atoms with E-state index in [1.54, 1.807) is 23.1 Å². The molecule has 0 bridgehead atoms. The molecule has 1 N–H and O–H groups in total. The summed E-state index contributed by atoms with van der Waals surface area (Å²) in [5, 5.41) is 10.8. The summed E-state index contributed by atoms with van der Waals surface area (Å²) in [4.78, 5) is 0. The van der Waals surface area contributed by atoms with Gasteiger partial charge in [0.1, 0.15) is 9.96 Å². The second-order valence-electron chi connectivity index (χ2n) is 2.94. The molecule has 1 nitrogen and oxygen atoms in total. The van der Waals surface area contributed by atoms with Gasteiger partial charge in [-0.2, -0.15) is 0 Å². The van der Waals surface area contributed by atoms with Crippen LogP contribution in [0.1, 0.15) is 5.56 Å². The minimum absolute atomic E-state index is 0.441. The average Bonchev–Trinajstić information content (AvgIpc) is 2.44. The molecular weight excluding hydrogens is 200 g/mol. The summed E-state index contributed by atoms with van der Waals surface area (Å²) in [7, 11) is 0. The average molecular weight is 210 g/mol. The minimum atomic E-state index is 0.441. The zero-order valence-corrected chi connectivity index (χ0v) is 9.13. The van der Waals surface area contributed by atoms with Gasteiger partial charge in [0.05, 0.1) is 0 Å². The summed E-state index contributed by atoms with van der Waals surface area (Å²) < 4.78 is 2.16. The maximum Gasteiger partial charge on any atom is 0.147 e. The Bertz CT molecular complexity index is 445. The van der Waals surface area contributed by atoms with Crippen LogP contribution in [-0.4, -0.2) is 11.4 Å². The molecule has 1 heterocycles. The fourth-order valence-corrected chi connectivity index (χ4v) is 3.03. The van der Waals surface area contributed by atoms with Gasteiger partial charge in [0, 0.05) is 10.1 Å². The van der Waals surface area contributed by atoms with E-state index < -0.39 is 0 Å². The van der Waals surface area contributed by atoms with Crippen molar-refractivity contribution in [2.45, 2.75) is 11.1 Å². The van der Waals surface area contributed by atoms with E-state index in [4.69, 9.17) is 0 Å². The van der Waals surface area contributed by atoms with E-state index in [1.165, 1.54) is 5.56 Å². The van der Waals surface area contributed by atoms with Crippen LogP contribution in [0, 0.1) is 6.92 Å². The lowest BCUT2D eigenvalue weighted by molar-refractivity contribution is 0.473. The smallest absolute Gasteiger partial charge is 0.147 e. The molecule has 0 atom stereocenters. The van der Waals surface area contributed by atoms with Crippen molar-refractivity contribution in [2.75, 3.05) is 6.26 Å². The molecule has 2 aromatic rings. The fourth-order valence-electron chi connectivity index (χ4n) is 1.31. The Kier molecular flexibility index (Phi) is 2.22. The molecule has 0 radical (unpaired) electrons. The predicted molar refractivity (Wildman–Crippen MR) is 60.0 cm³/mol. The van der Waals surface area contributed by atoms with Crippen LogP contribution in [0.25, 0.3) is 10.1 Å². The first kappa shape index (κ1) is 8.91. The summed E-state index contributed by atoms with van der Waals surface area (Å²) in [6, 6.07) is 6.16. The molecule has 0 fully saturated rings. The minimum Gasteiger partial charge on any atom is -0.505 e. The number of hydrogen-bond donors (Lipinski definition) is 1. The molecule has 68 valence electrons. The van der Waals surface area contributed by atoms with Crippen LogP contribution in [0.5, 0.6) is 5.75 Å². The summed E-state index contributed by atoms with van der Waals surface area (Å²) in [6.07, 6.45) is 1.98. The zero-order valence-electron chi connectivity index (χ0n) is 7.50. The molecule has 0 aliphatic rings. The molecule has 1 aromatic heterocycles. The monoisotopic (exact) mass is 210 g/mol. The van der Waals surface area contributed by atoms with E-state index in [2.05, 4.69) is 12.1 Å². The second kappa shape index (κ2) is 3.24. The highest BCUT2D eigenvalue weighted by molar-refractivity contribution is 8.00. The number of hydrogen-bond acceptors (Lipinski definition) is 3. The van der Waals surface area contributed by atoms with Crippen molar-refractivity contribution < 1.29 is 5.11 Å². The van der Waals surface area contributed by atoms with E-state index in [0.717, 1.165) is 14.3 Å². The van der Waals surface area contributed by atoms with Crippen LogP contribution < -0.4 is 0 Å². The Labute approximate surface area is 85.4 Å². The van der Waals surface area contributed by atoms with Gasteiger partial charge in [-0.05, 0) is 25.3 Å². The highest BCUT2D eigenvalue weighted by atomic mass is 32.2. The molecule has 0 spiro atoms. The third-order valence-corrected chi connectivity index (χ3v) is 4.24. The summed E-state index contributed by atoms with van der Waals surface area (Å²) in [6.45, 7) is 2.04. The summed E-state index contributed by atoms with van der Waals surface area (Å²) >= 11 is 3.24. The van der Waals surface area contributed by atoms with Crippen LogP contribution in [0.3, 0.4) is 0 Å². The Balaban J connectivity index is 2.77. The highest BCUT2D eigenvalue weighted by Gasteiger charge is 2.09. The van der Waals surface area contributed by atoms with Gasteiger partial charge < -0.3 is 5.11 Å². The molecule has 0 saturated heterocycles. The van der Waals surface area contributed by atoms with Gasteiger partial charge in [0.25, 0.3) is 0 Å². The number of thioether (sulfide) groups is 1. The highest BCUT2D eigenvalue weighted by Crippen LogP contribution is 2.42. The first-order valence-corrected chi connectivity index (χ1v) is 6.02. The van der Waals surface area contributed by atoms with Gasteiger partial charge in [0.2, 0.25) is 0 Å². The maximum absolute atomic E-state index is 9.80. The first-order valence-electron chi connectivity index (χ1n) is 3.98. The molecular formula is C10H10OS2. The van der Waals surface area contributed by atoms with E-state index in [0.29, 0.717) is 5.75 Å². The van der Waals surface area contributed by atoms with Gasteiger partial charge in [-0.15, -0.1) is 23.1 Å². The third-order valence-electron chi connectivity index (χ3n) is 1.97. The molecule has 2 rings (SSSR count). The Morgan fingerprint density at radius 3 is 2.85 bits per heavy atom. The van der Waals surface area contributed by atoms with E-state index in [9.17, 15) is 5.11 Å². The van der Waals surface area contributed by atoms with Crippen LogP contribution in [-0.2, 0) is 0 Å². The van der Waals surface area contributed by atoms with E-state index >= 15 is 0 Å². The fraction of sp³-hybridized carbons (Fsp3) is 0.200. The van der Waals surface area contributed by atoms with Gasteiger partial charge in [-0.25, -0.2) is 0 Å². The van der Waals surface area contributed by atoms with E-state index in [-0.39, 0.29) is 0 Å². The normalized spacial score (nSPS) is 10.9. The van der Waals surface area contributed by atoms with Gasteiger partial charge in [-0.1, -0.05) is 11.6 Å². The third kappa shape index (κ3) is 1.42. The van der Waals surface area contributed by atoms with Crippen molar-refractivity contribution in [3.63, 3.8) is 0 Å². The lowest BCUT2D eigenvalue weighted by atomic mass is 10.2. The Morgan fingerprint density at radius 2 is 2.15 bits per heavy atom. The lowest BCUT2D eigenvalue weighted by Crippen LogP contribution is -1.69. The number of aromatic hydroxyl groups is 1. The quantitative estimate of drug-likeness (QED) is 0.725. The van der Waals surface area contributed by atoms with Crippen LogP contribution in [0.4, 0.5) is 0 Å². The molecule has 0 amide bonds. The molecule has 0 unspecified atom stereocenters. The van der Waals surface area contributed by atoms with Crippen LogP contribution >= 0.6 is 23.1 Å². The number of benzene rings is 1. The number of thiophene rings is 1. The SMILES string of the molecule is CSc1sc2ccc(C)cc2c1O. The first-order chi connectivity index (χ1) is 6.22.